The molecule has 8 nitrogen and oxygen atoms in total. The number of benzene rings is 1. The lowest BCUT2D eigenvalue weighted by Gasteiger charge is -2.28. The van der Waals surface area contributed by atoms with Crippen molar-refractivity contribution in [2.75, 3.05) is 26.3 Å². The van der Waals surface area contributed by atoms with Crippen LogP contribution in [0.15, 0.2) is 54.6 Å². The maximum absolute atomic E-state index is 13.5. The summed E-state index contributed by atoms with van der Waals surface area (Å²) in [4.78, 5) is 33.3. The summed E-state index contributed by atoms with van der Waals surface area (Å²) in [7, 11) is 0. The Bertz CT molecular complexity index is 1700. The van der Waals surface area contributed by atoms with Gasteiger partial charge in [0.2, 0.25) is 5.91 Å². The molecule has 0 bridgehead atoms. The number of morpholine rings is 1. The smallest absolute Gasteiger partial charge is 0.328 e. The number of carbonyl (C=O) groups excluding carboxylic acids is 1. The molecule has 1 aliphatic carbocycles. The first-order valence-electron chi connectivity index (χ1n) is 14.4. The number of carboxylic acids is 1. The number of aromatic nitrogens is 2. The second-order valence-corrected chi connectivity index (χ2v) is 11.9. The average molecular weight is 581 g/mol. The van der Waals surface area contributed by atoms with Crippen molar-refractivity contribution in [3.05, 3.63) is 70.7 Å². The lowest BCUT2D eigenvalue weighted by molar-refractivity contribution is -0.136. The van der Waals surface area contributed by atoms with E-state index < -0.39 is 5.97 Å². The van der Waals surface area contributed by atoms with Crippen molar-refractivity contribution in [3.8, 4) is 27.9 Å². The number of ether oxygens (including phenoxy) is 1. The van der Waals surface area contributed by atoms with Crippen LogP contribution in [-0.4, -0.2) is 57.7 Å². The number of amides is 1. The van der Waals surface area contributed by atoms with E-state index in [0.717, 1.165) is 64.5 Å². The molecule has 1 amide bonds. The molecule has 4 heterocycles. The standard InChI is InChI=1S/C33H32N4O4S/c34-20-26-9-12-30(42-26)29-11-6-23-18-24(7-10-28(23)35-29)33-27(22-4-2-1-3-5-22)19-25(8-13-32(39)40)37(33)21-31(38)36-14-16-41-17-15-36/h6-13,18-19,22H,1-5,14-17,21H2,(H,39,40)/b13-8+. The molecular weight excluding hydrogens is 548 g/mol. The molecule has 3 aromatic heterocycles. The van der Waals surface area contributed by atoms with Gasteiger partial charge in [0, 0.05) is 30.2 Å². The first-order chi connectivity index (χ1) is 20.5. The van der Waals surface area contributed by atoms with Crippen molar-refractivity contribution in [2.24, 2.45) is 0 Å². The molecule has 2 aliphatic rings. The van der Waals surface area contributed by atoms with Gasteiger partial charge in [-0.1, -0.05) is 31.4 Å². The highest BCUT2D eigenvalue weighted by Gasteiger charge is 2.27. The number of rotatable bonds is 7. The first kappa shape index (κ1) is 27.9. The van der Waals surface area contributed by atoms with Crippen molar-refractivity contribution in [3.63, 3.8) is 0 Å². The van der Waals surface area contributed by atoms with Crippen LogP contribution in [0.5, 0.6) is 0 Å². The molecule has 4 aromatic rings. The number of fused-ring (bicyclic) bond motifs is 1. The van der Waals surface area contributed by atoms with Crippen molar-refractivity contribution < 1.29 is 19.4 Å². The monoisotopic (exact) mass is 580 g/mol. The van der Waals surface area contributed by atoms with E-state index in [9.17, 15) is 20.0 Å². The zero-order valence-corrected chi connectivity index (χ0v) is 24.1. The summed E-state index contributed by atoms with van der Waals surface area (Å²) in [6.45, 7) is 2.26. The van der Waals surface area contributed by atoms with Crippen molar-refractivity contribution in [1.82, 2.24) is 14.5 Å². The molecule has 0 radical (unpaired) electrons. The number of carboxylic acid groups (broad SMARTS) is 1. The Morgan fingerprint density at radius 1 is 1.07 bits per heavy atom. The highest BCUT2D eigenvalue weighted by atomic mass is 32.1. The molecule has 1 N–H and O–H groups in total. The minimum absolute atomic E-state index is 0.00453. The first-order valence-corrected chi connectivity index (χ1v) is 15.2. The highest BCUT2D eigenvalue weighted by molar-refractivity contribution is 7.15. The van der Waals surface area contributed by atoms with Gasteiger partial charge < -0.3 is 19.3 Å². The number of hydrogen-bond donors (Lipinski definition) is 1. The number of nitriles is 1. The van der Waals surface area contributed by atoms with Gasteiger partial charge in [0.15, 0.2) is 0 Å². The maximum atomic E-state index is 13.5. The van der Waals surface area contributed by atoms with Crippen LogP contribution in [0.1, 0.15) is 54.2 Å². The third-order valence-corrected chi connectivity index (χ3v) is 9.20. The third kappa shape index (κ3) is 5.87. The molecule has 214 valence electrons. The molecule has 1 aliphatic heterocycles. The third-order valence-electron chi connectivity index (χ3n) is 8.19. The molecule has 6 rings (SSSR count). The summed E-state index contributed by atoms with van der Waals surface area (Å²) in [5, 5.41) is 19.6. The molecule has 2 fully saturated rings. The van der Waals surface area contributed by atoms with Gasteiger partial charge in [-0.2, -0.15) is 5.26 Å². The SMILES string of the molecule is N#Cc1ccc(-c2ccc3cc(-c4c(C5CCCCC5)cc(/C=C/C(=O)O)n4CC(=O)N4CCOCC4)ccc3n2)s1. The Balaban J connectivity index is 1.45. The number of nitrogens with zero attached hydrogens (tertiary/aromatic N) is 4. The van der Waals surface area contributed by atoms with Crippen LogP contribution in [0.25, 0.3) is 38.8 Å². The van der Waals surface area contributed by atoms with Gasteiger partial charge in [-0.05, 0) is 72.4 Å². The van der Waals surface area contributed by atoms with E-state index in [2.05, 4.69) is 24.3 Å². The predicted molar refractivity (Wildman–Crippen MR) is 163 cm³/mol. The maximum Gasteiger partial charge on any atom is 0.328 e. The summed E-state index contributed by atoms with van der Waals surface area (Å²) < 4.78 is 7.45. The molecule has 9 heteroatoms. The Morgan fingerprint density at radius 3 is 2.62 bits per heavy atom. The van der Waals surface area contributed by atoms with E-state index in [1.807, 2.05) is 39.8 Å². The van der Waals surface area contributed by atoms with Crippen LogP contribution in [0, 0.1) is 11.3 Å². The van der Waals surface area contributed by atoms with Crippen LogP contribution in [0.3, 0.4) is 0 Å². The van der Waals surface area contributed by atoms with Gasteiger partial charge >= 0.3 is 5.97 Å². The van der Waals surface area contributed by atoms with E-state index >= 15 is 0 Å². The number of pyridine rings is 1. The van der Waals surface area contributed by atoms with Gasteiger partial charge in [0.1, 0.15) is 17.5 Å². The molecular formula is C33H32N4O4S. The molecule has 42 heavy (non-hydrogen) atoms. The lowest BCUT2D eigenvalue weighted by Crippen LogP contribution is -2.42. The average Bonchev–Trinajstić information content (AvgIpc) is 3.65. The lowest BCUT2D eigenvalue weighted by atomic mass is 9.83. The predicted octanol–water partition coefficient (Wildman–Crippen LogP) is 6.31. The molecule has 1 saturated heterocycles. The molecule has 0 atom stereocenters. The zero-order valence-electron chi connectivity index (χ0n) is 23.3. The quantitative estimate of drug-likeness (QED) is 0.257. The Kier molecular flexibility index (Phi) is 8.17. The summed E-state index contributed by atoms with van der Waals surface area (Å²) in [6.07, 6.45) is 8.43. The van der Waals surface area contributed by atoms with Gasteiger partial charge in [0.25, 0.3) is 0 Å². The fraction of sp³-hybridized carbons (Fsp3) is 0.333. The van der Waals surface area contributed by atoms with Crippen LogP contribution in [-0.2, 0) is 20.9 Å². The Hall–Kier alpha value is -4.26. The van der Waals surface area contributed by atoms with Crippen molar-refractivity contribution in [1.29, 1.82) is 5.26 Å². The number of hydrogen-bond acceptors (Lipinski definition) is 6. The van der Waals surface area contributed by atoms with Crippen LogP contribution >= 0.6 is 11.3 Å². The van der Waals surface area contributed by atoms with Crippen molar-refractivity contribution in [2.45, 2.75) is 44.6 Å². The zero-order chi connectivity index (χ0) is 29.1. The largest absolute Gasteiger partial charge is 0.478 e. The van der Waals surface area contributed by atoms with Crippen molar-refractivity contribution >= 4 is 40.2 Å². The fourth-order valence-corrected chi connectivity index (χ4v) is 6.87. The van der Waals surface area contributed by atoms with E-state index in [4.69, 9.17) is 9.72 Å². The van der Waals surface area contributed by atoms with E-state index in [0.29, 0.717) is 42.8 Å². The van der Waals surface area contributed by atoms with E-state index in [1.54, 1.807) is 6.08 Å². The second kappa shape index (κ2) is 12.3. The van der Waals surface area contributed by atoms with E-state index in [1.165, 1.54) is 23.3 Å². The molecule has 1 saturated carbocycles. The summed E-state index contributed by atoms with van der Waals surface area (Å²) in [5.74, 6) is -0.687. The number of aliphatic carboxylic acids is 1. The van der Waals surface area contributed by atoms with Crippen LogP contribution < -0.4 is 0 Å². The summed E-state index contributed by atoms with van der Waals surface area (Å²) >= 11 is 1.42. The van der Waals surface area contributed by atoms with Gasteiger partial charge in [-0.25, -0.2) is 9.78 Å². The van der Waals surface area contributed by atoms with Crippen LogP contribution in [0.4, 0.5) is 0 Å². The molecule has 1 aromatic carbocycles. The highest BCUT2D eigenvalue weighted by Crippen LogP contribution is 2.41. The topological polar surface area (TPSA) is 108 Å². The summed E-state index contributed by atoms with van der Waals surface area (Å²) in [6, 6.07) is 18.2. The Morgan fingerprint density at radius 2 is 1.88 bits per heavy atom. The Labute approximate surface area is 248 Å². The molecule has 0 unspecified atom stereocenters. The fourth-order valence-electron chi connectivity index (χ4n) is 6.10. The van der Waals surface area contributed by atoms with Gasteiger partial charge in [-0.3, -0.25) is 4.79 Å². The van der Waals surface area contributed by atoms with Gasteiger partial charge in [-0.15, -0.1) is 11.3 Å². The second-order valence-electron chi connectivity index (χ2n) is 10.8. The summed E-state index contributed by atoms with van der Waals surface area (Å²) in [5.41, 5.74) is 5.50. The number of thiophene rings is 1. The minimum Gasteiger partial charge on any atom is -0.478 e. The van der Waals surface area contributed by atoms with E-state index in [-0.39, 0.29) is 12.5 Å². The minimum atomic E-state index is -1.02. The molecule has 0 spiro atoms. The van der Waals surface area contributed by atoms with Crippen LogP contribution in [0.2, 0.25) is 0 Å². The normalized spacial score (nSPS) is 16.2. The number of carbonyl (C=O) groups is 2. The van der Waals surface area contributed by atoms with Gasteiger partial charge in [0.05, 0.1) is 35.0 Å².